The molecule has 8 nitrogen and oxygen atoms in total. The second-order valence-electron chi connectivity index (χ2n) is 7.77. The van der Waals surface area contributed by atoms with Crippen molar-refractivity contribution in [2.45, 2.75) is 46.0 Å². The molecule has 0 atom stereocenters. The van der Waals surface area contributed by atoms with E-state index in [0.717, 1.165) is 79.0 Å². The quantitative estimate of drug-likeness (QED) is 0.751. The molecule has 0 bridgehead atoms. The zero-order chi connectivity index (χ0) is 19.4. The first kappa shape index (κ1) is 17.2. The molecule has 0 radical (unpaired) electrons. The van der Waals surface area contributed by atoms with Crippen LogP contribution in [0.2, 0.25) is 0 Å². The van der Waals surface area contributed by atoms with Gasteiger partial charge in [-0.3, -0.25) is 9.48 Å². The number of pyridine rings is 1. The van der Waals surface area contributed by atoms with Crippen molar-refractivity contribution >= 4 is 28.5 Å². The first-order valence-corrected chi connectivity index (χ1v) is 9.92. The van der Waals surface area contributed by atoms with E-state index in [2.05, 4.69) is 25.5 Å². The number of hydrogen-bond donors (Lipinski definition) is 1. The lowest BCUT2D eigenvalue weighted by Crippen LogP contribution is -2.22. The number of amides is 1. The van der Waals surface area contributed by atoms with Crippen molar-refractivity contribution in [3.63, 3.8) is 0 Å². The van der Waals surface area contributed by atoms with Gasteiger partial charge in [-0.25, -0.2) is 4.98 Å². The number of carbonyl (C=O) groups excluding carboxylic acids is 1. The lowest BCUT2D eigenvalue weighted by molar-refractivity contribution is 0.102. The van der Waals surface area contributed by atoms with E-state index in [1.54, 1.807) is 0 Å². The molecule has 3 aromatic heterocycles. The van der Waals surface area contributed by atoms with E-state index in [4.69, 9.17) is 4.52 Å². The third-order valence-electron chi connectivity index (χ3n) is 6.01. The molecule has 0 aromatic carbocycles. The molecule has 28 heavy (non-hydrogen) atoms. The highest BCUT2D eigenvalue weighted by Gasteiger charge is 2.29. The SMILES string of the molecule is Cc1noc2nc3c(c(C(=O)Nc4c(N5CCCC5)nn(C)c4C)c12)CCC3. The minimum Gasteiger partial charge on any atom is -0.353 e. The molecule has 1 aliphatic carbocycles. The summed E-state index contributed by atoms with van der Waals surface area (Å²) < 4.78 is 7.22. The fourth-order valence-corrected chi connectivity index (χ4v) is 4.43. The number of nitrogens with one attached hydrogen (secondary N) is 1. The maximum atomic E-state index is 13.5. The van der Waals surface area contributed by atoms with E-state index in [1.165, 1.54) is 0 Å². The van der Waals surface area contributed by atoms with Crippen molar-refractivity contribution in [1.82, 2.24) is 19.9 Å². The Hall–Kier alpha value is -2.90. The van der Waals surface area contributed by atoms with E-state index < -0.39 is 0 Å². The van der Waals surface area contributed by atoms with Gasteiger partial charge in [0.15, 0.2) is 5.82 Å². The minimum absolute atomic E-state index is 0.131. The topological polar surface area (TPSA) is 89.1 Å². The van der Waals surface area contributed by atoms with Gasteiger partial charge in [0.05, 0.1) is 22.3 Å². The minimum atomic E-state index is -0.131. The average Bonchev–Trinajstić information content (AvgIpc) is 3.45. The van der Waals surface area contributed by atoms with Crippen molar-refractivity contribution in [2.24, 2.45) is 7.05 Å². The maximum absolute atomic E-state index is 13.5. The summed E-state index contributed by atoms with van der Waals surface area (Å²) in [6.07, 6.45) is 5.04. The Morgan fingerprint density at radius 3 is 2.71 bits per heavy atom. The molecular weight excluding hydrogens is 356 g/mol. The van der Waals surface area contributed by atoms with Gasteiger partial charge in [0.25, 0.3) is 11.6 Å². The molecule has 0 unspecified atom stereocenters. The standard InChI is InChI=1S/C20H24N6O2/c1-11-15-16(13-7-6-8-14(13)21-20(15)28-24-11)19(27)22-17-12(2)25(3)23-18(17)26-9-4-5-10-26/h4-10H2,1-3H3,(H,22,27). The Kier molecular flexibility index (Phi) is 3.89. The van der Waals surface area contributed by atoms with Crippen LogP contribution in [0.4, 0.5) is 11.5 Å². The number of aromatic nitrogens is 4. The van der Waals surface area contributed by atoms with Gasteiger partial charge >= 0.3 is 0 Å². The van der Waals surface area contributed by atoms with E-state index >= 15 is 0 Å². The Morgan fingerprint density at radius 1 is 1.14 bits per heavy atom. The summed E-state index contributed by atoms with van der Waals surface area (Å²) in [5.41, 5.74) is 5.53. The zero-order valence-corrected chi connectivity index (χ0v) is 16.5. The van der Waals surface area contributed by atoms with Crippen molar-refractivity contribution in [1.29, 1.82) is 0 Å². The van der Waals surface area contributed by atoms with Gasteiger partial charge in [-0.2, -0.15) is 5.10 Å². The van der Waals surface area contributed by atoms with Gasteiger partial charge in [0.2, 0.25) is 0 Å². The average molecular weight is 380 g/mol. The van der Waals surface area contributed by atoms with Gasteiger partial charge < -0.3 is 14.7 Å². The van der Waals surface area contributed by atoms with E-state index in [-0.39, 0.29) is 5.91 Å². The molecule has 0 saturated carbocycles. The number of hydrogen-bond acceptors (Lipinski definition) is 6. The smallest absolute Gasteiger partial charge is 0.259 e. The lowest BCUT2D eigenvalue weighted by atomic mass is 10.0. The third kappa shape index (κ3) is 2.51. The van der Waals surface area contributed by atoms with E-state index in [9.17, 15) is 4.79 Å². The van der Waals surface area contributed by atoms with Crippen LogP contribution in [-0.4, -0.2) is 38.9 Å². The molecular formula is C20H24N6O2. The number of nitrogens with zero attached hydrogens (tertiary/aromatic N) is 5. The molecule has 3 aromatic rings. The van der Waals surface area contributed by atoms with Crippen LogP contribution in [0.1, 0.15) is 52.3 Å². The summed E-state index contributed by atoms with van der Waals surface area (Å²) in [6, 6.07) is 0. The molecule has 1 fully saturated rings. The Labute approximate surface area is 162 Å². The van der Waals surface area contributed by atoms with Gasteiger partial charge in [0, 0.05) is 25.8 Å². The third-order valence-corrected chi connectivity index (χ3v) is 6.01. The summed E-state index contributed by atoms with van der Waals surface area (Å²) in [7, 11) is 1.91. The van der Waals surface area contributed by atoms with Gasteiger partial charge in [-0.15, -0.1) is 0 Å². The molecule has 2 aliphatic rings. The highest BCUT2D eigenvalue weighted by molar-refractivity contribution is 6.14. The Bertz CT molecular complexity index is 1090. The van der Waals surface area contributed by atoms with Crippen LogP contribution in [0.5, 0.6) is 0 Å². The number of anilines is 2. The van der Waals surface area contributed by atoms with Crippen molar-refractivity contribution in [3.8, 4) is 0 Å². The van der Waals surface area contributed by atoms with Crippen LogP contribution >= 0.6 is 0 Å². The van der Waals surface area contributed by atoms with Crippen LogP contribution < -0.4 is 10.2 Å². The zero-order valence-electron chi connectivity index (χ0n) is 16.5. The molecule has 4 heterocycles. The maximum Gasteiger partial charge on any atom is 0.259 e. The number of aryl methyl sites for hydroxylation is 3. The molecule has 1 N–H and O–H groups in total. The number of carbonyl (C=O) groups is 1. The van der Waals surface area contributed by atoms with Crippen LogP contribution in [0.15, 0.2) is 4.52 Å². The lowest BCUT2D eigenvalue weighted by Gasteiger charge is -2.17. The molecule has 5 rings (SSSR count). The summed E-state index contributed by atoms with van der Waals surface area (Å²) >= 11 is 0. The molecule has 146 valence electrons. The molecule has 8 heteroatoms. The van der Waals surface area contributed by atoms with Crippen molar-refractivity contribution < 1.29 is 9.32 Å². The summed E-state index contributed by atoms with van der Waals surface area (Å²) in [6.45, 7) is 5.79. The van der Waals surface area contributed by atoms with Gasteiger partial charge in [0.1, 0.15) is 5.69 Å². The number of rotatable bonds is 3. The monoisotopic (exact) mass is 380 g/mol. The van der Waals surface area contributed by atoms with Crippen molar-refractivity contribution in [3.05, 3.63) is 28.2 Å². The summed E-state index contributed by atoms with van der Waals surface area (Å²) in [4.78, 5) is 20.3. The van der Waals surface area contributed by atoms with Gasteiger partial charge in [-0.05, 0) is 51.5 Å². The van der Waals surface area contributed by atoms with E-state index in [0.29, 0.717) is 17.0 Å². The first-order valence-electron chi connectivity index (χ1n) is 9.92. The molecule has 1 amide bonds. The fourth-order valence-electron chi connectivity index (χ4n) is 4.43. The molecule has 1 aliphatic heterocycles. The fraction of sp³-hybridized carbons (Fsp3) is 0.500. The van der Waals surface area contributed by atoms with Crippen LogP contribution in [0.25, 0.3) is 11.1 Å². The second kappa shape index (κ2) is 6.32. The first-order chi connectivity index (χ1) is 13.5. The van der Waals surface area contributed by atoms with Crippen molar-refractivity contribution in [2.75, 3.05) is 23.3 Å². The van der Waals surface area contributed by atoms with Gasteiger partial charge in [-0.1, -0.05) is 5.16 Å². The van der Waals surface area contributed by atoms with E-state index in [1.807, 2.05) is 25.6 Å². The normalized spacial score (nSPS) is 16.2. The predicted molar refractivity (Wildman–Crippen MR) is 106 cm³/mol. The number of fused-ring (bicyclic) bond motifs is 2. The molecule has 0 spiro atoms. The molecule has 1 saturated heterocycles. The highest BCUT2D eigenvalue weighted by Crippen LogP contribution is 2.35. The summed E-state index contributed by atoms with van der Waals surface area (Å²) in [5, 5.41) is 12.6. The highest BCUT2D eigenvalue weighted by atomic mass is 16.5. The Balaban J connectivity index is 1.60. The summed E-state index contributed by atoms with van der Waals surface area (Å²) in [5.74, 6) is 0.725. The second-order valence-corrected chi connectivity index (χ2v) is 7.77. The predicted octanol–water partition coefficient (Wildman–Crippen LogP) is 2.91. The Morgan fingerprint density at radius 2 is 1.93 bits per heavy atom. The van der Waals surface area contributed by atoms with Crippen LogP contribution in [0, 0.1) is 13.8 Å². The largest absolute Gasteiger partial charge is 0.353 e. The van der Waals surface area contributed by atoms with Crippen LogP contribution in [0.3, 0.4) is 0 Å². The van der Waals surface area contributed by atoms with Crippen LogP contribution in [-0.2, 0) is 19.9 Å².